The Balaban J connectivity index is 0.869. The van der Waals surface area contributed by atoms with E-state index in [2.05, 4.69) is 215 Å². The smallest absolute Gasteiger partial charge is 0.0900 e. The van der Waals surface area contributed by atoms with Gasteiger partial charge in [0.15, 0.2) is 0 Å². The third-order valence-electron chi connectivity index (χ3n) is 13.0. The molecule has 7 aromatic carbocycles. The topological polar surface area (TPSA) is 19.4 Å². The summed E-state index contributed by atoms with van der Waals surface area (Å²) < 4.78 is 0. The third-order valence-corrected chi connectivity index (χ3v) is 13.0. The van der Waals surface area contributed by atoms with Crippen LogP contribution in [0.3, 0.4) is 0 Å². The second kappa shape index (κ2) is 16.2. The van der Waals surface area contributed by atoms with Crippen molar-refractivity contribution in [1.82, 2.24) is 29.4 Å². The van der Waals surface area contributed by atoms with Crippen molar-refractivity contribution in [2.75, 3.05) is 20.0 Å². The number of hydrogen-bond donors (Lipinski definition) is 0. The molecule has 0 amide bonds. The van der Waals surface area contributed by atoms with Crippen molar-refractivity contribution in [2.45, 2.75) is 60.0 Å². The highest BCUT2D eigenvalue weighted by Crippen LogP contribution is 2.33. The quantitative estimate of drug-likeness (QED) is 0.122. The molecule has 0 N–H and O–H groups in total. The van der Waals surface area contributed by atoms with Gasteiger partial charge in [0.1, 0.15) is 0 Å². The molecule has 0 spiro atoms. The molecule has 60 heavy (non-hydrogen) atoms. The van der Waals surface area contributed by atoms with E-state index in [0.717, 1.165) is 59.3 Å². The second-order valence-corrected chi connectivity index (χ2v) is 17.2. The zero-order valence-corrected chi connectivity index (χ0v) is 35.1. The molecule has 300 valence electrons. The lowest BCUT2D eigenvalue weighted by Gasteiger charge is -2.30. The van der Waals surface area contributed by atoms with E-state index in [-0.39, 0.29) is 0 Å². The van der Waals surface area contributed by atoms with Crippen LogP contribution >= 0.6 is 0 Å². The molecular formula is C54H54N6. The lowest BCUT2D eigenvalue weighted by Crippen LogP contribution is -2.28. The van der Waals surface area contributed by atoms with Gasteiger partial charge < -0.3 is 29.4 Å². The average Bonchev–Trinajstić information content (AvgIpc) is 4.04. The van der Waals surface area contributed by atoms with Crippen molar-refractivity contribution in [3.05, 3.63) is 215 Å². The van der Waals surface area contributed by atoms with E-state index in [9.17, 15) is 0 Å². The molecule has 3 heterocycles. The number of benzene rings is 7. The molecule has 3 aliphatic rings. The van der Waals surface area contributed by atoms with E-state index >= 15 is 0 Å². The number of fused-ring (bicyclic) bond motifs is 3. The summed E-state index contributed by atoms with van der Waals surface area (Å²) in [4.78, 5) is 14.8. The minimum Gasteiger partial charge on any atom is -0.354 e. The molecule has 7 aromatic rings. The fourth-order valence-corrected chi connectivity index (χ4v) is 9.59. The van der Waals surface area contributed by atoms with Crippen LogP contribution in [0.5, 0.6) is 0 Å². The Labute approximate surface area is 355 Å². The number of rotatable bonds is 12. The maximum atomic E-state index is 2.49. The molecule has 6 nitrogen and oxygen atoms in total. The highest BCUT2D eigenvalue weighted by atomic mass is 15.4. The summed E-state index contributed by atoms with van der Waals surface area (Å²) in [6, 6.07) is 46.5. The van der Waals surface area contributed by atoms with Crippen LogP contribution < -0.4 is 0 Å². The molecule has 0 aromatic heterocycles. The van der Waals surface area contributed by atoms with Crippen LogP contribution in [0.15, 0.2) is 165 Å². The maximum absolute atomic E-state index is 2.49. The first-order valence-corrected chi connectivity index (χ1v) is 21.4. The van der Waals surface area contributed by atoms with Crippen molar-refractivity contribution >= 4 is 32.3 Å². The molecule has 0 atom stereocenters. The molecule has 0 unspecified atom stereocenters. The van der Waals surface area contributed by atoms with E-state index in [4.69, 9.17) is 0 Å². The Morgan fingerprint density at radius 1 is 0.300 bits per heavy atom. The van der Waals surface area contributed by atoms with Crippen LogP contribution in [0, 0.1) is 20.8 Å². The minimum absolute atomic E-state index is 0.876. The van der Waals surface area contributed by atoms with E-state index in [0.29, 0.717) is 0 Å². The van der Waals surface area contributed by atoms with E-state index < -0.39 is 0 Å². The van der Waals surface area contributed by atoms with Crippen molar-refractivity contribution < 1.29 is 0 Å². The zero-order valence-electron chi connectivity index (χ0n) is 35.1. The van der Waals surface area contributed by atoms with Gasteiger partial charge in [-0.15, -0.1) is 0 Å². The first kappa shape index (κ1) is 37.6. The fourth-order valence-electron chi connectivity index (χ4n) is 9.59. The van der Waals surface area contributed by atoms with Crippen LogP contribution in [-0.4, -0.2) is 49.4 Å². The summed E-state index contributed by atoms with van der Waals surface area (Å²) in [5.41, 5.74) is 12.7. The molecule has 0 saturated carbocycles. The Morgan fingerprint density at radius 2 is 0.550 bits per heavy atom. The SMILES string of the molecule is Cc1c(CN2C=CN(Cc3ccc4ccccc4c3)C2)c(C)c(CN2C=CN(Cc3ccc4ccccc4c3)C2)c(C)c1CN1C=CN(Cc2ccc3ccccc3c2)C1. The summed E-state index contributed by atoms with van der Waals surface area (Å²) in [5, 5.41) is 7.78. The van der Waals surface area contributed by atoms with Crippen molar-refractivity contribution in [2.24, 2.45) is 0 Å². The number of hydrogen-bond acceptors (Lipinski definition) is 6. The fraction of sp³-hybridized carbons (Fsp3) is 0.222. The molecule has 0 radical (unpaired) electrons. The van der Waals surface area contributed by atoms with Crippen molar-refractivity contribution in [1.29, 1.82) is 0 Å². The van der Waals surface area contributed by atoms with Crippen LogP contribution in [0.4, 0.5) is 0 Å². The molecule has 0 aliphatic carbocycles. The standard InChI is InChI=1S/C54H54N6/c1-40-52(34-58-25-22-55(37-58)31-43-16-19-46-10-4-7-13-49(46)28-43)41(2)54(36-60-27-24-57(39-60)33-45-18-21-48-12-6-9-15-51(48)30-45)42(3)53(40)35-59-26-23-56(38-59)32-44-17-20-47-11-5-8-14-50(47)29-44/h4-30H,31-39H2,1-3H3. The van der Waals surface area contributed by atoms with Gasteiger partial charge in [-0.2, -0.15) is 0 Å². The normalized spacial score (nSPS) is 15.1. The summed E-state index contributed by atoms with van der Waals surface area (Å²) in [6.07, 6.45) is 13.7. The molecule has 6 heteroatoms. The van der Waals surface area contributed by atoms with Gasteiger partial charge in [0.2, 0.25) is 0 Å². The van der Waals surface area contributed by atoms with Crippen molar-refractivity contribution in [3.8, 4) is 0 Å². The van der Waals surface area contributed by atoms with Crippen LogP contribution in [0.1, 0.15) is 50.1 Å². The summed E-state index contributed by atoms with van der Waals surface area (Å²) in [6.45, 7) is 15.1. The molecule has 0 saturated heterocycles. The molecule has 10 rings (SSSR count). The van der Waals surface area contributed by atoms with Gasteiger partial charge in [-0.3, -0.25) is 0 Å². The summed E-state index contributed by atoms with van der Waals surface area (Å²) in [5.74, 6) is 0. The first-order valence-electron chi connectivity index (χ1n) is 21.4. The van der Waals surface area contributed by atoms with Gasteiger partial charge in [-0.1, -0.05) is 109 Å². The number of nitrogens with zero attached hydrogens (tertiary/aromatic N) is 6. The van der Waals surface area contributed by atoms with Gasteiger partial charge in [0, 0.05) is 76.5 Å². The highest BCUT2D eigenvalue weighted by molar-refractivity contribution is 5.84. The van der Waals surface area contributed by atoms with Gasteiger partial charge in [0.25, 0.3) is 0 Å². The lowest BCUT2D eigenvalue weighted by atomic mass is 9.87. The van der Waals surface area contributed by atoms with E-state index in [1.807, 2.05) is 0 Å². The maximum Gasteiger partial charge on any atom is 0.0900 e. The Bertz CT molecular complexity index is 2480. The summed E-state index contributed by atoms with van der Waals surface area (Å²) >= 11 is 0. The van der Waals surface area contributed by atoms with Crippen molar-refractivity contribution in [3.63, 3.8) is 0 Å². The largest absolute Gasteiger partial charge is 0.354 e. The van der Waals surface area contributed by atoms with E-state index in [1.54, 1.807) is 0 Å². The first-order chi connectivity index (χ1) is 29.4. The Kier molecular flexibility index (Phi) is 10.1. The highest BCUT2D eigenvalue weighted by Gasteiger charge is 2.25. The third kappa shape index (κ3) is 7.90. The molecule has 3 aliphatic heterocycles. The minimum atomic E-state index is 0.876. The van der Waals surface area contributed by atoms with Gasteiger partial charge in [-0.25, -0.2) is 0 Å². The Morgan fingerprint density at radius 3 is 0.833 bits per heavy atom. The zero-order chi connectivity index (χ0) is 40.6. The predicted octanol–water partition coefficient (Wildman–Crippen LogP) is 11.3. The van der Waals surface area contributed by atoms with Crippen LogP contribution in [0.25, 0.3) is 32.3 Å². The predicted molar refractivity (Wildman–Crippen MR) is 248 cm³/mol. The van der Waals surface area contributed by atoms with Gasteiger partial charge in [0.05, 0.1) is 20.0 Å². The monoisotopic (exact) mass is 786 g/mol. The van der Waals surface area contributed by atoms with Crippen LogP contribution in [0.2, 0.25) is 0 Å². The average molecular weight is 787 g/mol. The second-order valence-electron chi connectivity index (χ2n) is 17.2. The Hall–Kier alpha value is -6.66. The van der Waals surface area contributed by atoms with Gasteiger partial charge in [-0.05, 0) is 121 Å². The lowest BCUT2D eigenvalue weighted by molar-refractivity contribution is 0.248. The van der Waals surface area contributed by atoms with Crippen LogP contribution in [-0.2, 0) is 39.3 Å². The molecule has 0 fully saturated rings. The van der Waals surface area contributed by atoms with Gasteiger partial charge >= 0.3 is 0 Å². The molecule has 0 bridgehead atoms. The summed E-state index contributed by atoms with van der Waals surface area (Å²) in [7, 11) is 0. The molecular weight excluding hydrogens is 733 g/mol. The van der Waals surface area contributed by atoms with E-state index in [1.165, 1.54) is 82.4 Å².